The molecule has 1 aliphatic rings. The molecule has 0 unspecified atom stereocenters. The molecule has 32 heavy (non-hydrogen) atoms. The van der Waals surface area contributed by atoms with E-state index in [9.17, 15) is 19.5 Å². The van der Waals surface area contributed by atoms with E-state index in [-0.39, 0.29) is 25.3 Å². The van der Waals surface area contributed by atoms with E-state index in [0.717, 1.165) is 13.5 Å². The summed E-state index contributed by atoms with van der Waals surface area (Å²) < 4.78 is 9.59. The highest BCUT2D eigenvalue weighted by Gasteiger charge is 2.35. The first-order valence-corrected chi connectivity index (χ1v) is 10.1. The number of aliphatic hydroxyl groups is 1. The van der Waals surface area contributed by atoms with Crippen molar-refractivity contribution in [2.24, 2.45) is 5.16 Å². The van der Waals surface area contributed by atoms with Crippen LogP contribution in [0.5, 0.6) is 0 Å². The first kappa shape index (κ1) is 24.6. The number of oxime groups is 1. The molecule has 1 aliphatic heterocycles. The number of alkyl carbamates (subject to hydrolysis) is 1. The number of hydrogen-bond acceptors (Lipinski definition) is 9. The van der Waals surface area contributed by atoms with Crippen LogP contribution in [0.3, 0.4) is 0 Å². The molecule has 0 radical (unpaired) electrons. The molecule has 0 saturated carbocycles. The molecule has 3 N–H and O–H groups in total. The van der Waals surface area contributed by atoms with Crippen molar-refractivity contribution in [1.82, 2.24) is 10.6 Å². The zero-order chi connectivity index (χ0) is 23.5. The molecule has 1 aromatic carbocycles. The average Bonchev–Trinajstić information content (AvgIpc) is 3.16. The van der Waals surface area contributed by atoms with Crippen LogP contribution in [0.4, 0.5) is 4.79 Å². The van der Waals surface area contributed by atoms with Crippen molar-refractivity contribution in [3.63, 3.8) is 0 Å². The Hall–Kier alpha value is -3.65. The van der Waals surface area contributed by atoms with Crippen molar-refractivity contribution in [2.75, 3.05) is 20.3 Å². The Bertz CT molecular complexity index is 879. The normalized spacial score (nSPS) is 17.9. The summed E-state index contributed by atoms with van der Waals surface area (Å²) in [5, 5.41) is 28.0. The van der Waals surface area contributed by atoms with Gasteiger partial charge in [0.1, 0.15) is 17.9 Å². The Morgan fingerprint density at radius 2 is 2.03 bits per heavy atom. The van der Waals surface area contributed by atoms with Gasteiger partial charge >= 0.3 is 12.1 Å². The van der Waals surface area contributed by atoms with Crippen molar-refractivity contribution in [3.05, 3.63) is 35.4 Å². The van der Waals surface area contributed by atoms with E-state index in [2.05, 4.69) is 20.5 Å². The number of carbonyl (C=O) groups excluding carboxylic acids is 3. The largest absolute Gasteiger partial charge is 0.467 e. The predicted molar refractivity (Wildman–Crippen MR) is 111 cm³/mol. The van der Waals surface area contributed by atoms with Crippen LogP contribution in [0.25, 0.3) is 0 Å². The number of hydrogen-bond donors (Lipinski definition) is 3. The molecule has 0 spiro atoms. The van der Waals surface area contributed by atoms with Crippen LogP contribution < -0.4 is 10.6 Å². The number of esters is 1. The van der Waals surface area contributed by atoms with Crippen molar-refractivity contribution in [3.8, 4) is 6.07 Å². The second-order valence-electron chi connectivity index (χ2n) is 6.97. The minimum absolute atomic E-state index is 0.209. The Morgan fingerprint density at radius 3 is 2.66 bits per heavy atom. The molecule has 0 saturated heterocycles. The van der Waals surface area contributed by atoms with E-state index in [1.165, 1.54) is 0 Å². The van der Waals surface area contributed by atoms with Gasteiger partial charge < -0.3 is 30.1 Å². The number of unbranched alkanes of at least 4 members (excludes halogenated alkanes) is 1. The molecule has 0 fully saturated rings. The van der Waals surface area contributed by atoms with Crippen molar-refractivity contribution in [1.29, 1.82) is 5.26 Å². The highest BCUT2D eigenvalue weighted by Crippen LogP contribution is 2.20. The van der Waals surface area contributed by atoms with Crippen LogP contribution in [0, 0.1) is 11.3 Å². The molecule has 0 aliphatic carbocycles. The van der Waals surface area contributed by atoms with Crippen LogP contribution >= 0.6 is 0 Å². The number of ether oxygens (including phenoxy) is 2. The number of amides is 2. The molecule has 11 heteroatoms. The Labute approximate surface area is 185 Å². The SMILES string of the molecule is CCCCOC(=O)N[C@@H](CNC(=O)C[C@@H]1ON=C(c2ccc(C#N)cc2)[C@H]1O)C(=O)OC. The summed E-state index contributed by atoms with van der Waals surface area (Å²) in [5.74, 6) is -1.28. The Balaban J connectivity index is 1.85. The third-order valence-electron chi connectivity index (χ3n) is 4.63. The third-order valence-corrected chi connectivity index (χ3v) is 4.63. The third kappa shape index (κ3) is 6.95. The van der Waals surface area contributed by atoms with Gasteiger partial charge in [0.05, 0.1) is 31.8 Å². The maximum absolute atomic E-state index is 12.3. The van der Waals surface area contributed by atoms with E-state index in [0.29, 0.717) is 17.5 Å². The number of nitrogens with one attached hydrogen (secondary N) is 2. The van der Waals surface area contributed by atoms with Gasteiger partial charge in [0, 0.05) is 12.1 Å². The summed E-state index contributed by atoms with van der Waals surface area (Å²) in [6.07, 6.45) is -1.59. The van der Waals surface area contributed by atoms with E-state index < -0.39 is 36.2 Å². The number of aliphatic hydroxyl groups excluding tert-OH is 1. The number of nitriles is 1. The van der Waals surface area contributed by atoms with Crippen molar-refractivity contribution >= 4 is 23.7 Å². The fourth-order valence-electron chi connectivity index (χ4n) is 2.80. The summed E-state index contributed by atoms with van der Waals surface area (Å²) in [6.45, 7) is 1.92. The maximum Gasteiger partial charge on any atom is 0.407 e. The minimum atomic E-state index is -1.16. The number of carbonyl (C=O) groups is 3. The van der Waals surface area contributed by atoms with E-state index in [4.69, 9.17) is 14.8 Å². The summed E-state index contributed by atoms with van der Waals surface area (Å²) in [6, 6.07) is 7.27. The minimum Gasteiger partial charge on any atom is -0.467 e. The molecular weight excluding hydrogens is 420 g/mol. The van der Waals surface area contributed by atoms with Crippen LogP contribution in [0.15, 0.2) is 29.4 Å². The van der Waals surface area contributed by atoms with Gasteiger partial charge in [-0.3, -0.25) is 4.79 Å². The Kier molecular flexibility index (Phi) is 9.43. The van der Waals surface area contributed by atoms with Crippen LogP contribution in [-0.2, 0) is 23.9 Å². The summed E-state index contributed by atoms with van der Waals surface area (Å²) in [4.78, 5) is 41.2. The summed E-state index contributed by atoms with van der Waals surface area (Å²) in [5.41, 5.74) is 1.27. The summed E-state index contributed by atoms with van der Waals surface area (Å²) >= 11 is 0. The van der Waals surface area contributed by atoms with Gasteiger partial charge in [-0.05, 0) is 18.6 Å². The van der Waals surface area contributed by atoms with Crippen LogP contribution in [-0.4, -0.2) is 67.3 Å². The molecule has 3 atom stereocenters. The topological polar surface area (TPSA) is 159 Å². The highest BCUT2D eigenvalue weighted by molar-refractivity contribution is 6.04. The lowest BCUT2D eigenvalue weighted by Crippen LogP contribution is -2.49. The first-order valence-electron chi connectivity index (χ1n) is 10.1. The molecule has 1 heterocycles. The zero-order valence-corrected chi connectivity index (χ0v) is 17.9. The van der Waals surface area contributed by atoms with E-state index >= 15 is 0 Å². The smallest absolute Gasteiger partial charge is 0.407 e. The van der Waals surface area contributed by atoms with Crippen LogP contribution in [0.2, 0.25) is 0 Å². The number of nitrogens with zero attached hydrogens (tertiary/aromatic N) is 2. The van der Waals surface area contributed by atoms with Gasteiger partial charge in [-0.15, -0.1) is 0 Å². The lowest BCUT2D eigenvalue weighted by molar-refractivity contribution is -0.143. The maximum atomic E-state index is 12.3. The second-order valence-corrected chi connectivity index (χ2v) is 6.97. The van der Waals surface area contributed by atoms with Gasteiger partial charge in [-0.1, -0.05) is 30.6 Å². The molecule has 172 valence electrons. The standard InChI is InChI=1S/C21H26N4O7/c1-3-4-9-31-21(29)24-15(20(28)30-2)12-23-17(26)10-16-19(27)18(25-32-16)14-7-5-13(11-22)6-8-14/h5-8,15-16,19,27H,3-4,9-10,12H2,1-2H3,(H,23,26)(H,24,29)/t15-,16-,19-/m0/s1. The molecule has 0 aromatic heterocycles. The number of benzene rings is 1. The van der Waals surface area contributed by atoms with E-state index in [1.54, 1.807) is 24.3 Å². The van der Waals surface area contributed by atoms with Crippen molar-refractivity contribution < 1.29 is 33.8 Å². The fraction of sp³-hybridized carbons (Fsp3) is 0.476. The molecule has 2 amide bonds. The van der Waals surface area contributed by atoms with E-state index in [1.807, 2.05) is 13.0 Å². The Morgan fingerprint density at radius 1 is 1.31 bits per heavy atom. The average molecular weight is 446 g/mol. The fourth-order valence-corrected chi connectivity index (χ4v) is 2.80. The monoisotopic (exact) mass is 446 g/mol. The van der Waals surface area contributed by atoms with Gasteiger partial charge in [0.25, 0.3) is 0 Å². The second kappa shape index (κ2) is 12.3. The van der Waals surface area contributed by atoms with Crippen LogP contribution in [0.1, 0.15) is 37.3 Å². The van der Waals surface area contributed by atoms with Gasteiger partial charge in [0.15, 0.2) is 6.10 Å². The zero-order valence-electron chi connectivity index (χ0n) is 17.9. The van der Waals surface area contributed by atoms with Gasteiger partial charge in [-0.25, -0.2) is 9.59 Å². The lowest BCUT2D eigenvalue weighted by Gasteiger charge is -2.18. The molecule has 1 aromatic rings. The quantitative estimate of drug-likeness (QED) is 0.348. The molecule has 11 nitrogen and oxygen atoms in total. The number of rotatable bonds is 10. The number of methoxy groups -OCH3 is 1. The highest BCUT2D eigenvalue weighted by atomic mass is 16.7. The molecule has 0 bridgehead atoms. The van der Waals surface area contributed by atoms with Gasteiger partial charge in [0.2, 0.25) is 5.91 Å². The molecular formula is C21H26N4O7. The molecule has 2 rings (SSSR count). The van der Waals surface area contributed by atoms with Gasteiger partial charge in [-0.2, -0.15) is 5.26 Å². The predicted octanol–water partition coefficient (Wildman–Crippen LogP) is 0.596. The summed E-state index contributed by atoms with van der Waals surface area (Å²) in [7, 11) is 1.16. The van der Waals surface area contributed by atoms with Crippen molar-refractivity contribution in [2.45, 2.75) is 44.4 Å². The lowest BCUT2D eigenvalue weighted by atomic mass is 9.99. The first-order chi connectivity index (χ1) is 15.4.